The van der Waals surface area contributed by atoms with Gasteiger partial charge in [-0.1, -0.05) is 32.9 Å². The van der Waals surface area contributed by atoms with E-state index in [2.05, 4.69) is 73.0 Å². The Morgan fingerprint density at radius 1 is 1.21 bits per heavy atom. The van der Waals surface area contributed by atoms with Crippen LogP contribution in [-0.2, 0) is 9.31 Å². The van der Waals surface area contributed by atoms with Crippen molar-refractivity contribution in [2.45, 2.75) is 79.9 Å². The highest BCUT2D eigenvalue weighted by Crippen LogP contribution is 2.38. The summed E-state index contributed by atoms with van der Waals surface area (Å²) < 4.78 is 11.8. The van der Waals surface area contributed by atoms with Gasteiger partial charge in [-0.15, -0.1) is 18.4 Å². The average molecular weight is 335 g/mol. The standard InChI is InChI=1S/C11H21BO2.C6H10.C3H7N/c1-7-9(8-2)12-13-10(3,4)11(5,6)14-12;1-4-5-6(2)3;1-2-3-4/h7H,8H2,1-6H3;6H,1-3H3;2H,1,3-4H2/b9-7+;;. The van der Waals surface area contributed by atoms with Crippen LogP contribution in [-0.4, -0.2) is 24.9 Å². The van der Waals surface area contributed by atoms with Crippen LogP contribution in [0.5, 0.6) is 0 Å². The fourth-order valence-electron chi connectivity index (χ4n) is 1.79. The Hall–Kier alpha value is -1.02. The van der Waals surface area contributed by atoms with Crippen LogP contribution < -0.4 is 5.73 Å². The lowest BCUT2D eigenvalue weighted by Gasteiger charge is -2.32. The van der Waals surface area contributed by atoms with Gasteiger partial charge in [0.25, 0.3) is 0 Å². The molecule has 4 heteroatoms. The van der Waals surface area contributed by atoms with Crippen molar-refractivity contribution in [3.8, 4) is 11.8 Å². The van der Waals surface area contributed by atoms with Crippen LogP contribution in [0.4, 0.5) is 0 Å². The Bertz CT molecular complexity index is 426. The van der Waals surface area contributed by atoms with Gasteiger partial charge in [0.05, 0.1) is 11.2 Å². The van der Waals surface area contributed by atoms with Crippen LogP contribution in [0.3, 0.4) is 0 Å². The second-order valence-electron chi connectivity index (χ2n) is 6.88. The topological polar surface area (TPSA) is 44.5 Å². The van der Waals surface area contributed by atoms with Gasteiger partial charge in [0.2, 0.25) is 0 Å². The van der Waals surface area contributed by atoms with Crippen molar-refractivity contribution in [2.24, 2.45) is 11.7 Å². The summed E-state index contributed by atoms with van der Waals surface area (Å²) in [6.45, 7) is 22.4. The molecule has 0 unspecified atom stereocenters. The van der Waals surface area contributed by atoms with E-state index in [4.69, 9.17) is 15.0 Å². The third-order valence-electron chi connectivity index (χ3n) is 3.93. The monoisotopic (exact) mass is 335 g/mol. The summed E-state index contributed by atoms with van der Waals surface area (Å²) >= 11 is 0. The maximum Gasteiger partial charge on any atom is 0.490 e. The van der Waals surface area contributed by atoms with Crippen molar-refractivity contribution in [3.63, 3.8) is 0 Å². The van der Waals surface area contributed by atoms with Crippen molar-refractivity contribution in [3.05, 3.63) is 24.2 Å². The largest absolute Gasteiger partial charge is 0.490 e. The molecule has 0 radical (unpaired) electrons. The number of nitrogens with two attached hydrogens (primary N) is 1. The van der Waals surface area contributed by atoms with Crippen molar-refractivity contribution < 1.29 is 9.31 Å². The molecule has 0 bridgehead atoms. The molecule has 0 aliphatic carbocycles. The normalized spacial score (nSPS) is 17.8. The molecule has 0 atom stereocenters. The van der Waals surface area contributed by atoms with E-state index in [1.54, 1.807) is 6.08 Å². The summed E-state index contributed by atoms with van der Waals surface area (Å²) in [5, 5.41) is 0. The summed E-state index contributed by atoms with van der Waals surface area (Å²) in [6.07, 6.45) is 4.72. The van der Waals surface area contributed by atoms with E-state index in [1.807, 2.05) is 13.8 Å². The molecule has 0 aromatic rings. The van der Waals surface area contributed by atoms with Gasteiger partial charge in [-0.25, -0.2) is 0 Å². The number of hydrogen-bond donors (Lipinski definition) is 1. The highest BCUT2D eigenvalue weighted by Gasteiger charge is 2.51. The van der Waals surface area contributed by atoms with Gasteiger partial charge in [-0.05, 0) is 53.4 Å². The molecule has 2 N–H and O–H groups in total. The molecule has 1 rings (SSSR count). The minimum absolute atomic E-state index is 0.157. The fourth-order valence-corrected chi connectivity index (χ4v) is 1.79. The maximum atomic E-state index is 5.92. The van der Waals surface area contributed by atoms with Gasteiger partial charge in [0.15, 0.2) is 0 Å². The average Bonchev–Trinajstić information content (AvgIpc) is 2.69. The lowest BCUT2D eigenvalue weighted by atomic mass is 9.76. The van der Waals surface area contributed by atoms with Crippen LogP contribution in [0, 0.1) is 17.8 Å². The zero-order valence-corrected chi connectivity index (χ0v) is 17.3. The Balaban J connectivity index is 0. The van der Waals surface area contributed by atoms with E-state index in [0.29, 0.717) is 12.5 Å². The van der Waals surface area contributed by atoms with E-state index >= 15 is 0 Å². The van der Waals surface area contributed by atoms with E-state index in [-0.39, 0.29) is 18.3 Å². The first-order chi connectivity index (χ1) is 11.0. The van der Waals surface area contributed by atoms with E-state index in [9.17, 15) is 0 Å². The van der Waals surface area contributed by atoms with Crippen molar-refractivity contribution in [1.29, 1.82) is 0 Å². The Labute approximate surface area is 151 Å². The second-order valence-corrected chi connectivity index (χ2v) is 6.88. The molecule has 0 aromatic heterocycles. The van der Waals surface area contributed by atoms with Crippen molar-refractivity contribution >= 4 is 7.12 Å². The summed E-state index contributed by atoms with van der Waals surface area (Å²) in [4.78, 5) is 0. The molecule has 0 spiro atoms. The van der Waals surface area contributed by atoms with Crippen molar-refractivity contribution in [2.75, 3.05) is 6.54 Å². The van der Waals surface area contributed by atoms with Crippen LogP contribution in [0.25, 0.3) is 0 Å². The van der Waals surface area contributed by atoms with Crippen LogP contribution in [0.15, 0.2) is 24.2 Å². The Morgan fingerprint density at radius 3 is 1.79 bits per heavy atom. The lowest BCUT2D eigenvalue weighted by molar-refractivity contribution is 0.00578. The van der Waals surface area contributed by atoms with Crippen LogP contribution >= 0.6 is 0 Å². The predicted octanol–water partition coefficient (Wildman–Crippen LogP) is 4.77. The quantitative estimate of drug-likeness (QED) is 0.459. The smallest absolute Gasteiger partial charge is 0.400 e. The van der Waals surface area contributed by atoms with Gasteiger partial charge in [-0.2, -0.15) is 0 Å². The van der Waals surface area contributed by atoms with Crippen molar-refractivity contribution in [1.82, 2.24) is 0 Å². The van der Waals surface area contributed by atoms with E-state index in [1.165, 1.54) is 5.47 Å². The lowest BCUT2D eigenvalue weighted by Crippen LogP contribution is -2.41. The van der Waals surface area contributed by atoms with Gasteiger partial charge in [0.1, 0.15) is 0 Å². The molecule has 1 saturated heterocycles. The zero-order valence-electron chi connectivity index (χ0n) is 17.3. The highest BCUT2D eigenvalue weighted by molar-refractivity contribution is 6.54. The molecule has 1 aliphatic heterocycles. The summed E-state index contributed by atoms with van der Waals surface area (Å²) in [6, 6.07) is 0. The number of allylic oxidation sites excluding steroid dienone is 2. The Morgan fingerprint density at radius 2 is 1.62 bits per heavy atom. The summed E-state index contributed by atoms with van der Waals surface area (Å²) in [5.41, 5.74) is 5.69. The maximum absolute atomic E-state index is 5.92. The minimum Gasteiger partial charge on any atom is -0.400 e. The first kappa shape index (κ1) is 25.2. The molecule has 24 heavy (non-hydrogen) atoms. The SMILES string of the molecule is C/C=C(\CC)B1OC(C)(C)C(C)(C)O1.C=CCN.CC#CC(C)C. The second kappa shape index (κ2) is 12.4. The molecule has 1 fully saturated rings. The molecule has 138 valence electrons. The first-order valence-electron chi connectivity index (χ1n) is 8.76. The molecular weight excluding hydrogens is 297 g/mol. The summed E-state index contributed by atoms with van der Waals surface area (Å²) in [5.74, 6) is 6.31. The molecule has 1 heterocycles. The van der Waals surface area contributed by atoms with E-state index < -0.39 is 0 Å². The predicted molar refractivity (Wildman–Crippen MR) is 108 cm³/mol. The summed E-state index contributed by atoms with van der Waals surface area (Å²) in [7, 11) is -0.157. The van der Waals surface area contributed by atoms with Gasteiger partial charge in [0, 0.05) is 12.5 Å². The molecule has 1 aliphatic rings. The van der Waals surface area contributed by atoms with E-state index in [0.717, 1.165) is 6.42 Å². The Kier molecular flexibility index (Phi) is 13.0. The molecule has 3 nitrogen and oxygen atoms in total. The van der Waals surface area contributed by atoms with Gasteiger partial charge >= 0.3 is 7.12 Å². The molecule has 0 aromatic carbocycles. The molecule has 0 saturated carbocycles. The zero-order chi connectivity index (χ0) is 19.4. The molecular formula is C20H38BNO2. The van der Waals surface area contributed by atoms with Gasteiger partial charge in [-0.3, -0.25) is 0 Å². The minimum atomic E-state index is -0.221. The third kappa shape index (κ3) is 9.32. The number of hydrogen-bond acceptors (Lipinski definition) is 3. The highest BCUT2D eigenvalue weighted by atomic mass is 16.7. The van der Waals surface area contributed by atoms with Crippen LogP contribution in [0.2, 0.25) is 0 Å². The van der Waals surface area contributed by atoms with Gasteiger partial charge < -0.3 is 15.0 Å². The third-order valence-corrected chi connectivity index (χ3v) is 3.93. The molecule has 0 amide bonds. The van der Waals surface area contributed by atoms with Crippen LogP contribution in [0.1, 0.15) is 68.7 Å². The number of rotatable bonds is 3. The first-order valence-corrected chi connectivity index (χ1v) is 8.76. The fraction of sp³-hybridized carbons (Fsp3) is 0.700.